The molecule has 0 heterocycles. The Morgan fingerprint density at radius 2 is 2.06 bits per heavy atom. The standard InChI is InChI=1S/C16H22ClN/c1-12-11-14(17)9-10-15(12)16(18-2)13-7-5-3-4-6-8-13/h7,9-11,16,18H,3-6,8H2,1-2H3. The van der Waals surface area contributed by atoms with Crippen LogP contribution in [0.1, 0.15) is 49.3 Å². The summed E-state index contributed by atoms with van der Waals surface area (Å²) < 4.78 is 0. The molecule has 2 heteroatoms. The van der Waals surface area contributed by atoms with E-state index in [2.05, 4.69) is 30.4 Å². The highest BCUT2D eigenvalue weighted by Crippen LogP contribution is 2.31. The molecule has 0 radical (unpaired) electrons. The normalized spacial score (nSPS) is 18.1. The van der Waals surface area contributed by atoms with Crippen molar-refractivity contribution >= 4 is 11.6 Å². The molecule has 1 atom stereocenters. The number of allylic oxidation sites excluding steroid dienone is 1. The Kier molecular flexibility index (Phi) is 4.85. The van der Waals surface area contributed by atoms with Gasteiger partial charge in [-0.1, -0.05) is 35.7 Å². The zero-order chi connectivity index (χ0) is 13.0. The van der Waals surface area contributed by atoms with Gasteiger partial charge < -0.3 is 5.32 Å². The minimum atomic E-state index is 0.348. The van der Waals surface area contributed by atoms with Crippen LogP contribution in [-0.4, -0.2) is 7.05 Å². The van der Waals surface area contributed by atoms with Crippen molar-refractivity contribution in [2.24, 2.45) is 0 Å². The molecule has 0 saturated heterocycles. The second-order valence-electron chi connectivity index (χ2n) is 5.10. The fourth-order valence-corrected chi connectivity index (χ4v) is 3.03. The van der Waals surface area contributed by atoms with Gasteiger partial charge in [0.25, 0.3) is 0 Å². The monoisotopic (exact) mass is 263 g/mol. The quantitative estimate of drug-likeness (QED) is 0.773. The van der Waals surface area contributed by atoms with Crippen molar-refractivity contribution in [1.82, 2.24) is 5.32 Å². The number of hydrogen-bond acceptors (Lipinski definition) is 1. The van der Waals surface area contributed by atoms with Gasteiger partial charge in [0.05, 0.1) is 6.04 Å². The van der Waals surface area contributed by atoms with E-state index in [1.807, 2.05) is 13.1 Å². The lowest BCUT2D eigenvalue weighted by molar-refractivity contribution is 0.626. The maximum atomic E-state index is 6.04. The van der Waals surface area contributed by atoms with Gasteiger partial charge in [0.2, 0.25) is 0 Å². The van der Waals surface area contributed by atoms with E-state index in [0.717, 1.165) is 5.02 Å². The lowest BCUT2D eigenvalue weighted by Crippen LogP contribution is -2.19. The summed E-state index contributed by atoms with van der Waals surface area (Å²) in [6.07, 6.45) is 8.88. The van der Waals surface area contributed by atoms with Crippen molar-refractivity contribution in [2.75, 3.05) is 7.05 Å². The zero-order valence-corrected chi connectivity index (χ0v) is 12.1. The van der Waals surface area contributed by atoms with Crippen LogP contribution in [0.3, 0.4) is 0 Å². The van der Waals surface area contributed by atoms with Gasteiger partial charge in [-0.25, -0.2) is 0 Å². The van der Waals surface area contributed by atoms with Gasteiger partial charge in [0, 0.05) is 5.02 Å². The maximum absolute atomic E-state index is 6.04. The van der Waals surface area contributed by atoms with Crippen LogP contribution in [-0.2, 0) is 0 Å². The minimum Gasteiger partial charge on any atom is -0.310 e. The molecule has 1 unspecified atom stereocenters. The molecule has 0 aliphatic heterocycles. The van der Waals surface area contributed by atoms with Gasteiger partial charge in [0.15, 0.2) is 0 Å². The van der Waals surface area contributed by atoms with E-state index in [4.69, 9.17) is 11.6 Å². The van der Waals surface area contributed by atoms with E-state index >= 15 is 0 Å². The van der Waals surface area contributed by atoms with E-state index in [9.17, 15) is 0 Å². The molecule has 0 spiro atoms. The first kappa shape index (κ1) is 13.6. The molecule has 1 N–H and O–H groups in total. The Morgan fingerprint density at radius 3 is 2.78 bits per heavy atom. The number of nitrogens with one attached hydrogen (secondary N) is 1. The first-order valence-electron chi connectivity index (χ1n) is 6.84. The SMILES string of the molecule is CNC(C1=CCCCCC1)c1ccc(Cl)cc1C. The number of aryl methyl sites for hydroxylation is 1. The third kappa shape index (κ3) is 3.15. The molecular formula is C16H22ClN. The van der Waals surface area contributed by atoms with Crippen LogP contribution in [0.15, 0.2) is 29.8 Å². The average molecular weight is 264 g/mol. The number of halogens is 1. The summed E-state index contributed by atoms with van der Waals surface area (Å²) >= 11 is 6.04. The van der Waals surface area contributed by atoms with Gasteiger partial charge in [0.1, 0.15) is 0 Å². The summed E-state index contributed by atoms with van der Waals surface area (Å²) in [5, 5.41) is 4.29. The van der Waals surface area contributed by atoms with Crippen LogP contribution in [0.25, 0.3) is 0 Å². The summed E-state index contributed by atoms with van der Waals surface area (Å²) in [6.45, 7) is 2.14. The molecule has 2 rings (SSSR count). The highest BCUT2D eigenvalue weighted by molar-refractivity contribution is 6.30. The van der Waals surface area contributed by atoms with E-state index < -0.39 is 0 Å². The Balaban J connectivity index is 2.29. The first-order chi connectivity index (χ1) is 8.72. The lowest BCUT2D eigenvalue weighted by atomic mass is 9.92. The van der Waals surface area contributed by atoms with Crippen molar-refractivity contribution in [2.45, 2.75) is 45.1 Å². The van der Waals surface area contributed by atoms with Crippen molar-refractivity contribution in [3.05, 3.63) is 46.0 Å². The maximum Gasteiger partial charge on any atom is 0.0536 e. The lowest BCUT2D eigenvalue weighted by Gasteiger charge is -2.22. The van der Waals surface area contributed by atoms with Crippen LogP contribution >= 0.6 is 11.6 Å². The number of likely N-dealkylation sites (N-methyl/N-ethyl adjacent to an activating group) is 1. The topological polar surface area (TPSA) is 12.0 Å². The van der Waals surface area contributed by atoms with Crippen molar-refractivity contribution in [3.8, 4) is 0 Å². The predicted octanol–water partition coefficient (Wildman–Crippen LogP) is 4.80. The highest BCUT2D eigenvalue weighted by atomic mass is 35.5. The molecule has 1 nitrogen and oxygen atoms in total. The van der Waals surface area contributed by atoms with Crippen molar-refractivity contribution in [1.29, 1.82) is 0 Å². The van der Waals surface area contributed by atoms with Crippen molar-refractivity contribution < 1.29 is 0 Å². The van der Waals surface area contributed by atoms with Gasteiger partial charge in [-0.05, 0) is 62.9 Å². The molecule has 0 aromatic heterocycles. The van der Waals surface area contributed by atoms with E-state index in [-0.39, 0.29) is 0 Å². The minimum absolute atomic E-state index is 0.348. The van der Waals surface area contributed by atoms with Gasteiger partial charge in [-0.15, -0.1) is 0 Å². The first-order valence-corrected chi connectivity index (χ1v) is 7.22. The molecule has 0 fully saturated rings. The fraction of sp³-hybridized carbons (Fsp3) is 0.500. The summed E-state index contributed by atoms with van der Waals surface area (Å²) in [6, 6.07) is 6.55. The number of benzene rings is 1. The molecule has 98 valence electrons. The summed E-state index contributed by atoms with van der Waals surface area (Å²) in [7, 11) is 2.05. The van der Waals surface area contributed by atoms with Crippen LogP contribution in [0.4, 0.5) is 0 Å². The average Bonchev–Trinajstić information content (AvgIpc) is 2.62. The number of hydrogen-bond donors (Lipinski definition) is 1. The van der Waals surface area contributed by atoms with E-state index in [0.29, 0.717) is 6.04 Å². The Hall–Kier alpha value is -0.790. The van der Waals surface area contributed by atoms with E-state index in [1.54, 1.807) is 5.57 Å². The third-order valence-electron chi connectivity index (χ3n) is 3.78. The molecule has 1 aliphatic rings. The Bertz CT molecular complexity index is 437. The largest absolute Gasteiger partial charge is 0.310 e. The summed E-state index contributed by atoms with van der Waals surface area (Å²) in [5.74, 6) is 0. The Morgan fingerprint density at radius 1 is 1.22 bits per heavy atom. The van der Waals surface area contributed by atoms with Crippen LogP contribution in [0, 0.1) is 6.92 Å². The molecule has 0 bridgehead atoms. The second kappa shape index (κ2) is 6.40. The molecule has 0 amide bonds. The molecule has 0 saturated carbocycles. The van der Waals surface area contributed by atoms with Crippen LogP contribution in [0.5, 0.6) is 0 Å². The fourth-order valence-electron chi connectivity index (χ4n) is 2.81. The number of rotatable bonds is 3. The molecule has 18 heavy (non-hydrogen) atoms. The Labute approximate surface area is 115 Å². The second-order valence-corrected chi connectivity index (χ2v) is 5.54. The zero-order valence-electron chi connectivity index (χ0n) is 11.3. The predicted molar refractivity (Wildman–Crippen MR) is 79.2 cm³/mol. The highest BCUT2D eigenvalue weighted by Gasteiger charge is 2.17. The van der Waals surface area contributed by atoms with Crippen molar-refractivity contribution in [3.63, 3.8) is 0 Å². The molecule has 1 aliphatic carbocycles. The molecule has 1 aromatic carbocycles. The molecule has 1 aromatic rings. The van der Waals surface area contributed by atoms with Gasteiger partial charge in [-0.3, -0.25) is 0 Å². The van der Waals surface area contributed by atoms with Crippen LogP contribution in [0.2, 0.25) is 5.02 Å². The van der Waals surface area contributed by atoms with E-state index in [1.165, 1.54) is 43.2 Å². The smallest absolute Gasteiger partial charge is 0.0536 e. The van der Waals surface area contributed by atoms with Gasteiger partial charge in [-0.2, -0.15) is 0 Å². The van der Waals surface area contributed by atoms with Crippen LogP contribution < -0.4 is 5.32 Å². The van der Waals surface area contributed by atoms with Gasteiger partial charge >= 0.3 is 0 Å². The summed E-state index contributed by atoms with van der Waals surface area (Å²) in [5.41, 5.74) is 4.17. The molecular weight excluding hydrogens is 242 g/mol. The summed E-state index contributed by atoms with van der Waals surface area (Å²) in [4.78, 5) is 0. The third-order valence-corrected chi connectivity index (χ3v) is 4.01.